The number of anilines is 1. The Morgan fingerprint density at radius 3 is 3.07 bits per heavy atom. The van der Waals surface area contributed by atoms with Gasteiger partial charge in [-0.25, -0.2) is 4.79 Å². The number of fused-ring (bicyclic) bond motifs is 1. The molecule has 0 unspecified atom stereocenters. The highest BCUT2D eigenvalue weighted by Crippen LogP contribution is 2.27. The normalized spacial score (nSPS) is 10.4. The Bertz CT molecular complexity index is 490. The molecular formula is C9H8N2O3. The smallest absolute Gasteiger partial charge is 0.376 e. The van der Waals surface area contributed by atoms with Crippen molar-refractivity contribution >= 4 is 22.6 Å². The summed E-state index contributed by atoms with van der Waals surface area (Å²) in [5.74, 6) is -0.561. The van der Waals surface area contributed by atoms with Crippen molar-refractivity contribution in [3.8, 4) is 0 Å². The maximum absolute atomic E-state index is 11.2. The Balaban J connectivity index is 2.68. The lowest BCUT2D eigenvalue weighted by Gasteiger charge is -1.93. The summed E-state index contributed by atoms with van der Waals surface area (Å²) in [4.78, 5) is 15.1. The van der Waals surface area contributed by atoms with Crippen molar-refractivity contribution in [2.24, 2.45) is 0 Å². The van der Waals surface area contributed by atoms with E-state index in [0.717, 1.165) is 0 Å². The van der Waals surface area contributed by atoms with Gasteiger partial charge in [0.15, 0.2) is 0 Å². The van der Waals surface area contributed by atoms with Crippen LogP contribution in [0.1, 0.15) is 10.6 Å². The van der Waals surface area contributed by atoms with Gasteiger partial charge in [0.2, 0.25) is 5.76 Å². The molecule has 0 radical (unpaired) electrons. The minimum absolute atomic E-state index is 0.0236. The highest BCUT2D eigenvalue weighted by Gasteiger charge is 2.18. The van der Waals surface area contributed by atoms with Crippen molar-refractivity contribution < 1.29 is 13.9 Å². The topological polar surface area (TPSA) is 78.3 Å². The summed E-state index contributed by atoms with van der Waals surface area (Å²) in [7, 11) is 1.27. The van der Waals surface area contributed by atoms with Crippen LogP contribution in [0.2, 0.25) is 0 Å². The van der Waals surface area contributed by atoms with E-state index in [1.54, 1.807) is 18.5 Å². The van der Waals surface area contributed by atoms with E-state index in [2.05, 4.69) is 9.72 Å². The number of rotatable bonds is 1. The minimum atomic E-state index is -0.585. The van der Waals surface area contributed by atoms with Gasteiger partial charge >= 0.3 is 5.97 Å². The molecule has 5 nitrogen and oxygen atoms in total. The number of nitrogens with two attached hydrogens (primary N) is 1. The number of nitrogens with zero attached hydrogens (tertiary/aromatic N) is 1. The van der Waals surface area contributed by atoms with Gasteiger partial charge in [-0.15, -0.1) is 0 Å². The Labute approximate surface area is 79.5 Å². The molecule has 0 aliphatic carbocycles. The monoisotopic (exact) mass is 192 g/mol. The van der Waals surface area contributed by atoms with Crippen LogP contribution in [0.25, 0.3) is 11.0 Å². The van der Waals surface area contributed by atoms with Crippen molar-refractivity contribution in [1.29, 1.82) is 0 Å². The molecule has 0 fully saturated rings. The number of ether oxygens (including phenoxy) is 1. The van der Waals surface area contributed by atoms with Gasteiger partial charge in [0.25, 0.3) is 0 Å². The molecule has 0 aliphatic rings. The molecule has 0 atom stereocenters. The van der Waals surface area contributed by atoms with Gasteiger partial charge in [-0.05, 0) is 6.07 Å². The van der Waals surface area contributed by atoms with Crippen LogP contribution in [0, 0.1) is 0 Å². The Morgan fingerprint density at radius 1 is 1.64 bits per heavy atom. The van der Waals surface area contributed by atoms with Crippen LogP contribution in [-0.4, -0.2) is 18.1 Å². The van der Waals surface area contributed by atoms with Crippen molar-refractivity contribution in [3.05, 3.63) is 24.2 Å². The Hall–Kier alpha value is -2.04. The zero-order valence-corrected chi connectivity index (χ0v) is 7.48. The van der Waals surface area contributed by atoms with Gasteiger partial charge in [0.05, 0.1) is 18.2 Å². The summed E-state index contributed by atoms with van der Waals surface area (Å²) in [6.45, 7) is 0. The van der Waals surface area contributed by atoms with Gasteiger partial charge in [0.1, 0.15) is 5.58 Å². The van der Waals surface area contributed by atoms with Crippen molar-refractivity contribution in [1.82, 2.24) is 4.98 Å². The molecule has 0 spiro atoms. The first kappa shape index (κ1) is 8.55. The summed E-state index contributed by atoms with van der Waals surface area (Å²) >= 11 is 0. The number of methoxy groups -OCH3 is 1. The fraction of sp³-hybridized carbons (Fsp3) is 0.111. The predicted octanol–water partition coefficient (Wildman–Crippen LogP) is 1.20. The summed E-state index contributed by atoms with van der Waals surface area (Å²) < 4.78 is 9.73. The van der Waals surface area contributed by atoms with E-state index in [1.165, 1.54) is 7.11 Å². The second-order valence-corrected chi connectivity index (χ2v) is 2.71. The molecule has 2 heterocycles. The summed E-state index contributed by atoms with van der Waals surface area (Å²) in [6, 6.07) is 1.64. The van der Waals surface area contributed by atoms with Gasteiger partial charge in [-0.3, -0.25) is 4.98 Å². The summed E-state index contributed by atoms with van der Waals surface area (Å²) in [5, 5.41) is 0.618. The van der Waals surface area contributed by atoms with E-state index in [9.17, 15) is 4.79 Å². The lowest BCUT2D eigenvalue weighted by Crippen LogP contribution is -2.02. The molecule has 72 valence electrons. The van der Waals surface area contributed by atoms with E-state index in [4.69, 9.17) is 10.2 Å². The average Bonchev–Trinajstić information content (AvgIpc) is 2.56. The molecule has 0 saturated heterocycles. The van der Waals surface area contributed by atoms with E-state index in [1.807, 2.05) is 0 Å². The Morgan fingerprint density at radius 2 is 2.43 bits per heavy atom. The standard InChI is InChI=1S/C9H8N2O3/c1-13-9(12)8-7(10)5-4-11-3-2-6(5)14-8/h2-4H,10H2,1H3. The number of nitrogen functional groups attached to an aromatic ring is 1. The molecule has 2 aromatic rings. The highest BCUT2D eigenvalue weighted by molar-refractivity contribution is 6.02. The number of carbonyl (C=O) groups is 1. The van der Waals surface area contributed by atoms with Crippen LogP contribution < -0.4 is 5.73 Å². The van der Waals surface area contributed by atoms with Crippen molar-refractivity contribution in [2.45, 2.75) is 0 Å². The zero-order chi connectivity index (χ0) is 10.1. The van der Waals surface area contributed by atoms with Crippen LogP contribution in [0.5, 0.6) is 0 Å². The van der Waals surface area contributed by atoms with E-state index >= 15 is 0 Å². The Kier molecular flexibility index (Phi) is 1.85. The molecule has 0 aromatic carbocycles. The van der Waals surface area contributed by atoms with Crippen LogP contribution in [0.4, 0.5) is 5.69 Å². The minimum Gasteiger partial charge on any atom is -0.463 e. The number of esters is 1. The fourth-order valence-corrected chi connectivity index (χ4v) is 1.20. The molecule has 2 N–H and O–H groups in total. The molecule has 5 heteroatoms. The third-order valence-corrected chi connectivity index (χ3v) is 1.90. The molecule has 2 rings (SSSR count). The molecule has 0 saturated carbocycles. The van der Waals surface area contributed by atoms with Gasteiger partial charge in [0, 0.05) is 12.4 Å². The lowest BCUT2D eigenvalue weighted by molar-refractivity contribution is 0.0569. The second-order valence-electron chi connectivity index (χ2n) is 2.71. The quantitative estimate of drug-likeness (QED) is 0.686. The molecule has 2 aromatic heterocycles. The first-order valence-electron chi connectivity index (χ1n) is 3.94. The lowest BCUT2D eigenvalue weighted by atomic mass is 10.3. The number of carbonyl (C=O) groups excluding carboxylic acids is 1. The summed E-state index contributed by atoms with van der Waals surface area (Å²) in [5.41, 5.74) is 6.47. The first-order valence-corrected chi connectivity index (χ1v) is 3.94. The molecule has 0 aliphatic heterocycles. The van der Waals surface area contributed by atoms with Crippen LogP contribution >= 0.6 is 0 Å². The van der Waals surface area contributed by atoms with Crippen LogP contribution in [0.3, 0.4) is 0 Å². The molecule has 14 heavy (non-hydrogen) atoms. The third-order valence-electron chi connectivity index (χ3n) is 1.90. The average molecular weight is 192 g/mol. The van der Waals surface area contributed by atoms with Crippen LogP contribution in [-0.2, 0) is 4.74 Å². The SMILES string of the molecule is COC(=O)c1oc2ccncc2c1N. The van der Waals surface area contributed by atoms with Gasteiger partial charge in [-0.2, -0.15) is 0 Å². The first-order chi connectivity index (χ1) is 6.74. The molecular weight excluding hydrogens is 184 g/mol. The van der Waals surface area contributed by atoms with Gasteiger partial charge in [-0.1, -0.05) is 0 Å². The number of furan rings is 1. The maximum Gasteiger partial charge on any atom is 0.376 e. The third kappa shape index (κ3) is 1.10. The fourth-order valence-electron chi connectivity index (χ4n) is 1.20. The van der Waals surface area contributed by atoms with Gasteiger partial charge < -0.3 is 14.9 Å². The van der Waals surface area contributed by atoms with Crippen molar-refractivity contribution in [3.63, 3.8) is 0 Å². The second kappa shape index (κ2) is 3.02. The zero-order valence-electron chi connectivity index (χ0n) is 7.48. The number of hydrogen-bond donors (Lipinski definition) is 1. The van der Waals surface area contributed by atoms with E-state index in [0.29, 0.717) is 11.0 Å². The van der Waals surface area contributed by atoms with Crippen LogP contribution in [0.15, 0.2) is 22.9 Å². The largest absolute Gasteiger partial charge is 0.463 e. The summed E-state index contributed by atoms with van der Waals surface area (Å²) in [6.07, 6.45) is 3.10. The number of aromatic nitrogens is 1. The molecule has 0 amide bonds. The maximum atomic E-state index is 11.2. The highest BCUT2D eigenvalue weighted by atomic mass is 16.5. The van der Waals surface area contributed by atoms with E-state index < -0.39 is 5.97 Å². The van der Waals surface area contributed by atoms with Crippen molar-refractivity contribution in [2.75, 3.05) is 12.8 Å². The number of hydrogen-bond acceptors (Lipinski definition) is 5. The molecule has 0 bridgehead atoms. The van der Waals surface area contributed by atoms with E-state index in [-0.39, 0.29) is 11.4 Å². The predicted molar refractivity (Wildman–Crippen MR) is 49.8 cm³/mol. The number of pyridine rings is 1.